The molecule has 23 heavy (non-hydrogen) atoms. The molecular formula is C18H20N2O3. The summed E-state index contributed by atoms with van der Waals surface area (Å²) in [5.74, 6) is 0.655. The van der Waals surface area contributed by atoms with E-state index in [2.05, 4.69) is 5.16 Å². The van der Waals surface area contributed by atoms with Gasteiger partial charge in [0.2, 0.25) is 0 Å². The first-order chi connectivity index (χ1) is 11.2. The summed E-state index contributed by atoms with van der Waals surface area (Å²) in [4.78, 5) is 14.7. The Hall–Kier alpha value is -2.14. The van der Waals surface area contributed by atoms with E-state index in [-0.39, 0.29) is 11.8 Å². The lowest BCUT2D eigenvalue weighted by Gasteiger charge is -2.35. The van der Waals surface area contributed by atoms with E-state index < -0.39 is 5.60 Å². The van der Waals surface area contributed by atoms with Crippen LogP contribution in [0.5, 0.6) is 0 Å². The van der Waals surface area contributed by atoms with E-state index in [1.165, 1.54) is 6.20 Å². The van der Waals surface area contributed by atoms with Crippen molar-refractivity contribution in [3.63, 3.8) is 0 Å². The van der Waals surface area contributed by atoms with Crippen molar-refractivity contribution in [2.75, 3.05) is 13.1 Å². The smallest absolute Gasteiger partial charge is 0.259 e. The van der Waals surface area contributed by atoms with Crippen LogP contribution < -0.4 is 0 Å². The maximum Gasteiger partial charge on any atom is 0.259 e. The van der Waals surface area contributed by atoms with Gasteiger partial charge in [0, 0.05) is 24.6 Å². The molecule has 2 aliphatic rings. The van der Waals surface area contributed by atoms with Gasteiger partial charge in [-0.05, 0) is 25.7 Å². The Bertz CT molecular complexity index is 706. The number of hydrogen-bond acceptors (Lipinski definition) is 4. The lowest BCUT2D eigenvalue weighted by molar-refractivity contribution is 0.0282. The summed E-state index contributed by atoms with van der Waals surface area (Å²) in [6, 6.07) is 9.55. The molecule has 2 heterocycles. The highest BCUT2D eigenvalue weighted by Gasteiger charge is 2.49. The summed E-state index contributed by atoms with van der Waals surface area (Å²) in [5, 5.41) is 14.2. The van der Waals surface area contributed by atoms with E-state index in [9.17, 15) is 9.90 Å². The van der Waals surface area contributed by atoms with Gasteiger partial charge in [0.25, 0.3) is 5.91 Å². The average Bonchev–Trinajstić information content (AvgIpc) is 3.17. The Kier molecular flexibility index (Phi) is 3.45. The molecule has 1 unspecified atom stereocenters. The molecule has 2 fully saturated rings. The maximum absolute atomic E-state index is 12.9. The monoisotopic (exact) mass is 312 g/mol. The lowest BCUT2D eigenvalue weighted by atomic mass is 9.90. The zero-order valence-corrected chi connectivity index (χ0v) is 12.9. The van der Waals surface area contributed by atoms with Crippen molar-refractivity contribution < 1.29 is 14.4 Å². The first kappa shape index (κ1) is 14.5. The first-order valence-electron chi connectivity index (χ1n) is 8.19. The van der Waals surface area contributed by atoms with Crippen LogP contribution in [0.15, 0.2) is 41.1 Å². The van der Waals surface area contributed by atoms with E-state index in [4.69, 9.17) is 4.52 Å². The minimum atomic E-state index is -0.532. The molecule has 1 aromatic heterocycles. The summed E-state index contributed by atoms with van der Waals surface area (Å²) in [6.07, 6.45) is 5.16. The molecule has 4 rings (SSSR count). The molecule has 1 aromatic carbocycles. The number of benzene rings is 1. The van der Waals surface area contributed by atoms with Crippen molar-refractivity contribution in [3.05, 3.63) is 42.1 Å². The summed E-state index contributed by atoms with van der Waals surface area (Å²) in [7, 11) is 0. The van der Waals surface area contributed by atoms with Crippen molar-refractivity contribution in [3.8, 4) is 11.3 Å². The molecule has 5 nitrogen and oxygen atoms in total. The predicted octanol–water partition coefficient (Wildman–Crippen LogP) is 2.72. The number of nitrogens with zero attached hydrogens (tertiary/aromatic N) is 2. The summed E-state index contributed by atoms with van der Waals surface area (Å²) >= 11 is 0. The van der Waals surface area contributed by atoms with Crippen LogP contribution in [0, 0.1) is 5.92 Å². The third kappa shape index (κ3) is 2.65. The molecule has 0 radical (unpaired) electrons. The number of amides is 1. The SMILES string of the molecule is O=C(c1cnoc1-c1ccccc1)N1CCCC(C2(O)CC2)C1. The fourth-order valence-electron chi connectivity index (χ4n) is 3.50. The van der Waals surface area contributed by atoms with Gasteiger partial charge in [0.15, 0.2) is 5.76 Å². The molecular weight excluding hydrogens is 292 g/mol. The predicted molar refractivity (Wildman–Crippen MR) is 84.8 cm³/mol. The number of likely N-dealkylation sites (tertiary alicyclic amines) is 1. The quantitative estimate of drug-likeness (QED) is 0.946. The lowest BCUT2D eigenvalue weighted by Crippen LogP contribution is -2.44. The number of rotatable bonds is 3. The third-order valence-electron chi connectivity index (χ3n) is 5.07. The van der Waals surface area contributed by atoms with Crippen molar-refractivity contribution in [2.45, 2.75) is 31.3 Å². The van der Waals surface area contributed by atoms with Crippen LogP contribution in [0.2, 0.25) is 0 Å². The van der Waals surface area contributed by atoms with Gasteiger partial charge >= 0.3 is 0 Å². The molecule has 0 bridgehead atoms. The Labute approximate surface area is 134 Å². The van der Waals surface area contributed by atoms with Crippen molar-refractivity contribution in [2.24, 2.45) is 5.92 Å². The number of carbonyl (C=O) groups is 1. The minimum absolute atomic E-state index is 0.0564. The minimum Gasteiger partial charge on any atom is -0.390 e. The number of aromatic nitrogens is 1. The van der Waals surface area contributed by atoms with Crippen molar-refractivity contribution in [1.82, 2.24) is 10.1 Å². The van der Waals surface area contributed by atoms with Crippen molar-refractivity contribution in [1.29, 1.82) is 0 Å². The van der Waals surface area contributed by atoms with Gasteiger partial charge < -0.3 is 14.5 Å². The van der Waals surface area contributed by atoms with Crippen molar-refractivity contribution >= 4 is 5.91 Å². The van der Waals surface area contributed by atoms with Crippen LogP contribution >= 0.6 is 0 Å². The maximum atomic E-state index is 12.9. The highest BCUT2D eigenvalue weighted by molar-refractivity contribution is 5.99. The highest BCUT2D eigenvalue weighted by Crippen LogP contribution is 2.45. The molecule has 2 aromatic rings. The van der Waals surface area contributed by atoms with Gasteiger partial charge in [-0.1, -0.05) is 35.5 Å². The summed E-state index contributed by atoms with van der Waals surface area (Å²) in [6.45, 7) is 1.35. The van der Waals surface area contributed by atoms with Gasteiger partial charge in [-0.15, -0.1) is 0 Å². The molecule has 1 N–H and O–H groups in total. The van der Waals surface area contributed by atoms with Crippen LogP contribution in [-0.2, 0) is 0 Å². The van der Waals surface area contributed by atoms with E-state index in [1.807, 2.05) is 35.2 Å². The Morgan fingerprint density at radius 2 is 2.09 bits per heavy atom. The van der Waals surface area contributed by atoms with Gasteiger partial charge in [0.05, 0.1) is 11.8 Å². The number of piperidine rings is 1. The van der Waals surface area contributed by atoms with Gasteiger partial charge in [0.1, 0.15) is 5.56 Å². The Morgan fingerprint density at radius 1 is 1.30 bits per heavy atom. The first-order valence-corrected chi connectivity index (χ1v) is 8.19. The number of hydrogen-bond donors (Lipinski definition) is 1. The zero-order chi connectivity index (χ0) is 15.9. The molecule has 1 aliphatic carbocycles. The van der Waals surface area contributed by atoms with E-state index >= 15 is 0 Å². The molecule has 1 amide bonds. The normalized spacial score (nSPS) is 22.8. The third-order valence-corrected chi connectivity index (χ3v) is 5.07. The molecule has 5 heteroatoms. The van der Waals surface area contributed by atoms with E-state index in [1.54, 1.807) is 0 Å². The Balaban J connectivity index is 1.57. The fourth-order valence-corrected chi connectivity index (χ4v) is 3.50. The summed E-state index contributed by atoms with van der Waals surface area (Å²) < 4.78 is 5.32. The van der Waals surface area contributed by atoms with Crippen LogP contribution in [0.1, 0.15) is 36.0 Å². The second-order valence-corrected chi connectivity index (χ2v) is 6.63. The van der Waals surface area contributed by atoms with Crippen LogP contribution in [0.25, 0.3) is 11.3 Å². The average molecular weight is 312 g/mol. The molecule has 0 spiro atoms. The van der Waals surface area contributed by atoms with Gasteiger partial charge in [-0.25, -0.2) is 0 Å². The van der Waals surface area contributed by atoms with Gasteiger partial charge in [-0.3, -0.25) is 4.79 Å². The molecule has 1 saturated carbocycles. The highest BCUT2D eigenvalue weighted by atomic mass is 16.5. The molecule has 120 valence electrons. The topological polar surface area (TPSA) is 66.6 Å². The largest absolute Gasteiger partial charge is 0.390 e. The molecule has 1 aliphatic heterocycles. The van der Waals surface area contributed by atoms with Crippen LogP contribution in [-0.4, -0.2) is 39.8 Å². The Morgan fingerprint density at radius 3 is 2.83 bits per heavy atom. The fraction of sp³-hybridized carbons (Fsp3) is 0.444. The summed E-state index contributed by atoms with van der Waals surface area (Å²) in [5.41, 5.74) is 0.818. The van der Waals surface area contributed by atoms with Crippen LogP contribution in [0.4, 0.5) is 0 Å². The van der Waals surface area contributed by atoms with E-state index in [0.29, 0.717) is 17.9 Å². The number of carbonyl (C=O) groups excluding carboxylic acids is 1. The standard InChI is InChI=1S/C18H20N2O3/c21-17(20-10-4-7-14(12-20)18(22)8-9-18)15-11-19-23-16(15)13-5-2-1-3-6-13/h1-3,5-6,11,14,22H,4,7-10,12H2. The second-order valence-electron chi connectivity index (χ2n) is 6.63. The number of aliphatic hydroxyl groups is 1. The molecule has 1 saturated heterocycles. The van der Waals surface area contributed by atoms with Crippen LogP contribution in [0.3, 0.4) is 0 Å². The van der Waals surface area contributed by atoms with Gasteiger partial charge in [-0.2, -0.15) is 0 Å². The zero-order valence-electron chi connectivity index (χ0n) is 12.9. The van der Waals surface area contributed by atoms with E-state index in [0.717, 1.165) is 37.8 Å². The molecule has 1 atom stereocenters. The second kappa shape index (κ2) is 5.49.